The lowest BCUT2D eigenvalue weighted by molar-refractivity contribution is 0.386. The van der Waals surface area contributed by atoms with Gasteiger partial charge in [-0.15, -0.1) is 0 Å². The molecule has 0 amide bonds. The van der Waals surface area contributed by atoms with Gasteiger partial charge in [-0.3, -0.25) is 0 Å². The molecule has 2 saturated heterocycles. The average Bonchev–Trinajstić information content (AvgIpc) is 2.76. The fraction of sp³-hybridized carbons (Fsp3) is 0.615. The van der Waals surface area contributed by atoms with Gasteiger partial charge in [0.2, 0.25) is 0 Å². The summed E-state index contributed by atoms with van der Waals surface area (Å²) >= 11 is 0. The van der Waals surface area contributed by atoms with E-state index in [0.29, 0.717) is 6.04 Å². The first-order chi connectivity index (χ1) is 7.74. The van der Waals surface area contributed by atoms with E-state index in [-0.39, 0.29) is 0 Å². The molecule has 3 heteroatoms. The molecule has 0 N–H and O–H groups in total. The summed E-state index contributed by atoms with van der Waals surface area (Å²) in [5.74, 6) is 2.02. The summed E-state index contributed by atoms with van der Waals surface area (Å²) in [4.78, 5) is 9.59. The van der Waals surface area contributed by atoms with Crippen LogP contribution in [0.4, 0.5) is 5.82 Å². The van der Waals surface area contributed by atoms with Gasteiger partial charge in [0.15, 0.2) is 0 Å². The Labute approximate surface area is 97.1 Å². The number of hydrogen-bond acceptors (Lipinski definition) is 3. The van der Waals surface area contributed by atoms with Gasteiger partial charge < -0.3 is 9.80 Å². The second kappa shape index (κ2) is 3.74. The van der Waals surface area contributed by atoms with E-state index in [1.807, 2.05) is 0 Å². The van der Waals surface area contributed by atoms with Crippen molar-refractivity contribution in [1.82, 2.24) is 9.88 Å². The van der Waals surface area contributed by atoms with Crippen LogP contribution in [0.25, 0.3) is 0 Å². The number of pyridine rings is 1. The third-order valence-corrected chi connectivity index (χ3v) is 3.90. The average molecular weight is 217 g/mol. The minimum atomic E-state index is 0.694. The third-order valence-electron chi connectivity index (χ3n) is 3.90. The van der Waals surface area contributed by atoms with Crippen molar-refractivity contribution in [3.63, 3.8) is 0 Å². The van der Waals surface area contributed by atoms with Crippen molar-refractivity contribution in [2.75, 3.05) is 31.6 Å². The molecule has 3 rings (SSSR count). The van der Waals surface area contributed by atoms with Gasteiger partial charge in [-0.05, 0) is 38.4 Å². The largest absolute Gasteiger partial charge is 0.352 e. The maximum absolute atomic E-state index is 4.65. The van der Waals surface area contributed by atoms with Crippen LogP contribution in [0.1, 0.15) is 12.1 Å². The number of aromatic nitrogens is 1. The van der Waals surface area contributed by atoms with Gasteiger partial charge in [0, 0.05) is 31.4 Å². The summed E-state index contributed by atoms with van der Waals surface area (Å²) in [6.45, 7) is 5.70. The molecule has 0 radical (unpaired) electrons. The molecule has 2 aliphatic heterocycles. The Kier molecular flexibility index (Phi) is 2.36. The quantitative estimate of drug-likeness (QED) is 0.711. The highest BCUT2D eigenvalue weighted by Gasteiger charge is 2.40. The number of likely N-dealkylation sites (N-methyl/N-ethyl adjacent to an activating group) is 1. The molecule has 2 aliphatic rings. The summed E-state index contributed by atoms with van der Waals surface area (Å²) in [6.07, 6.45) is 1.32. The maximum atomic E-state index is 4.65. The number of rotatable bonds is 1. The standard InChI is InChI=1S/C13H19N3/c1-10-4-3-5-13(14-10)16-7-6-11-8-15(2)9-12(11)16/h3-5,11-12H,6-9H2,1-2H3/t11?,12-/m0/s1. The minimum Gasteiger partial charge on any atom is -0.352 e. The number of fused-ring (bicyclic) bond motifs is 1. The topological polar surface area (TPSA) is 19.4 Å². The van der Waals surface area contributed by atoms with Crippen LogP contribution in [0, 0.1) is 12.8 Å². The van der Waals surface area contributed by atoms with Crippen molar-refractivity contribution in [2.45, 2.75) is 19.4 Å². The predicted molar refractivity (Wildman–Crippen MR) is 65.7 cm³/mol. The fourth-order valence-electron chi connectivity index (χ4n) is 3.15. The van der Waals surface area contributed by atoms with E-state index in [0.717, 1.165) is 11.6 Å². The summed E-state index contributed by atoms with van der Waals surface area (Å²) in [7, 11) is 2.22. The minimum absolute atomic E-state index is 0.694. The lowest BCUT2D eigenvalue weighted by Crippen LogP contribution is -2.35. The zero-order valence-corrected chi connectivity index (χ0v) is 10.1. The molecule has 0 spiro atoms. The van der Waals surface area contributed by atoms with Crippen LogP contribution >= 0.6 is 0 Å². The van der Waals surface area contributed by atoms with Crippen LogP contribution in [0.3, 0.4) is 0 Å². The number of likely N-dealkylation sites (tertiary alicyclic amines) is 1. The smallest absolute Gasteiger partial charge is 0.129 e. The number of hydrogen-bond donors (Lipinski definition) is 0. The van der Waals surface area contributed by atoms with Gasteiger partial charge in [0.05, 0.1) is 0 Å². The zero-order chi connectivity index (χ0) is 11.1. The normalized spacial score (nSPS) is 29.8. The van der Waals surface area contributed by atoms with Crippen molar-refractivity contribution in [1.29, 1.82) is 0 Å². The first kappa shape index (κ1) is 10.1. The van der Waals surface area contributed by atoms with Crippen molar-refractivity contribution >= 4 is 5.82 Å². The lowest BCUT2D eigenvalue weighted by Gasteiger charge is -2.25. The molecule has 16 heavy (non-hydrogen) atoms. The second-order valence-electron chi connectivity index (χ2n) is 5.17. The Morgan fingerprint density at radius 2 is 2.19 bits per heavy atom. The predicted octanol–water partition coefficient (Wildman–Crippen LogP) is 1.53. The SMILES string of the molecule is Cc1cccc(N2CCC3CN(C)C[C@@H]32)n1. The van der Waals surface area contributed by atoms with Crippen LogP contribution in [-0.2, 0) is 0 Å². The Hall–Kier alpha value is -1.09. The van der Waals surface area contributed by atoms with E-state index >= 15 is 0 Å². The van der Waals surface area contributed by atoms with E-state index in [1.165, 1.54) is 31.9 Å². The van der Waals surface area contributed by atoms with E-state index in [1.54, 1.807) is 0 Å². The van der Waals surface area contributed by atoms with E-state index in [2.05, 4.69) is 47.0 Å². The lowest BCUT2D eigenvalue weighted by atomic mass is 10.1. The van der Waals surface area contributed by atoms with E-state index in [4.69, 9.17) is 0 Å². The summed E-state index contributed by atoms with van der Waals surface area (Å²) in [5, 5.41) is 0. The first-order valence-corrected chi connectivity index (χ1v) is 6.13. The van der Waals surface area contributed by atoms with Crippen LogP contribution in [0.15, 0.2) is 18.2 Å². The molecule has 0 aliphatic carbocycles. The molecule has 3 heterocycles. The van der Waals surface area contributed by atoms with Gasteiger partial charge in [0.25, 0.3) is 0 Å². The van der Waals surface area contributed by atoms with Gasteiger partial charge in [-0.25, -0.2) is 4.98 Å². The Balaban J connectivity index is 1.86. The molecular weight excluding hydrogens is 198 g/mol. The molecule has 2 atom stereocenters. The number of nitrogens with zero attached hydrogens (tertiary/aromatic N) is 3. The summed E-state index contributed by atoms with van der Waals surface area (Å²) < 4.78 is 0. The Morgan fingerprint density at radius 3 is 3.00 bits per heavy atom. The third kappa shape index (κ3) is 1.59. The van der Waals surface area contributed by atoms with Crippen molar-refractivity contribution in [3.05, 3.63) is 23.9 Å². The van der Waals surface area contributed by atoms with Crippen molar-refractivity contribution in [3.8, 4) is 0 Å². The molecule has 86 valence electrons. The highest BCUT2D eigenvalue weighted by atomic mass is 15.3. The zero-order valence-electron chi connectivity index (χ0n) is 10.1. The van der Waals surface area contributed by atoms with Gasteiger partial charge in [0.1, 0.15) is 5.82 Å². The highest BCUT2D eigenvalue weighted by Crippen LogP contribution is 2.33. The molecule has 1 aromatic rings. The van der Waals surface area contributed by atoms with Crippen LogP contribution in [0.5, 0.6) is 0 Å². The Morgan fingerprint density at radius 1 is 1.31 bits per heavy atom. The molecule has 0 saturated carbocycles. The van der Waals surface area contributed by atoms with E-state index in [9.17, 15) is 0 Å². The maximum Gasteiger partial charge on any atom is 0.129 e. The monoisotopic (exact) mass is 217 g/mol. The second-order valence-corrected chi connectivity index (χ2v) is 5.17. The molecule has 3 nitrogen and oxygen atoms in total. The highest BCUT2D eigenvalue weighted by molar-refractivity contribution is 5.43. The Bertz CT molecular complexity index is 391. The fourth-order valence-corrected chi connectivity index (χ4v) is 3.15. The van der Waals surface area contributed by atoms with Crippen molar-refractivity contribution in [2.24, 2.45) is 5.92 Å². The molecular formula is C13H19N3. The molecule has 0 bridgehead atoms. The van der Waals surface area contributed by atoms with Crippen LogP contribution in [0.2, 0.25) is 0 Å². The van der Waals surface area contributed by atoms with Crippen LogP contribution in [-0.4, -0.2) is 42.6 Å². The molecule has 1 aromatic heterocycles. The first-order valence-electron chi connectivity index (χ1n) is 6.13. The van der Waals surface area contributed by atoms with Crippen molar-refractivity contribution < 1.29 is 0 Å². The van der Waals surface area contributed by atoms with Crippen LogP contribution < -0.4 is 4.90 Å². The summed E-state index contributed by atoms with van der Waals surface area (Å²) in [6, 6.07) is 7.02. The van der Waals surface area contributed by atoms with Gasteiger partial charge in [-0.1, -0.05) is 6.07 Å². The van der Waals surface area contributed by atoms with Gasteiger partial charge in [-0.2, -0.15) is 0 Å². The number of aryl methyl sites for hydroxylation is 1. The molecule has 2 fully saturated rings. The van der Waals surface area contributed by atoms with Gasteiger partial charge >= 0.3 is 0 Å². The summed E-state index contributed by atoms with van der Waals surface area (Å²) in [5.41, 5.74) is 1.12. The van der Waals surface area contributed by atoms with E-state index < -0.39 is 0 Å². The molecule has 0 aromatic carbocycles. The number of anilines is 1. The molecule has 1 unspecified atom stereocenters.